The van der Waals surface area contributed by atoms with E-state index in [1.807, 2.05) is 30.3 Å². The number of hydrogen-bond donors (Lipinski definition) is 1. The summed E-state index contributed by atoms with van der Waals surface area (Å²) < 4.78 is 30.0. The molecule has 6 heteroatoms. The molecule has 0 bridgehead atoms. The van der Waals surface area contributed by atoms with Crippen LogP contribution in [-0.4, -0.2) is 12.5 Å². The van der Waals surface area contributed by atoms with E-state index in [2.05, 4.69) is 26.0 Å². The first-order valence-electron chi connectivity index (χ1n) is 8.19. The van der Waals surface area contributed by atoms with E-state index < -0.39 is 12.7 Å². The van der Waals surface area contributed by atoms with Gasteiger partial charge in [0.05, 0.1) is 6.04 Å². The molecular formula is C21H16BrF2NO2. The van der Waals surface area contributed by atoms with Crippen molar-refractivity contribution in [1.29, 1.82) is 0 Å². The van der Waals surface area contributed by atoms with Gasteiger partial charge in [-0.3, -0.25) is 4.79 Å². The summed E-state index contributed by atoms with van der Waals surface area (Å²) in [5.41, 5.74) is 2.16. The second-order valence-corrected chi connectivity index (χ2v) is 6.69. The average Bonchev–Trinajstić information content (AvgIpc) is 2.67. The van der Waals surface area contributed by atoms with Gasteiger partial charge < -0.3 is 10.1 Å². The summed E-state index contributed by atoms with van der Waals surface area (Å²) >= 11 is 3.35. The fraction of sp³-hybridized carbons (Fsp3) is 0.0952. The number of carbonyl (C=O) groups is 1. The first kappa shape index (κ1) is 19.0. The number of ether oxygens (including phenoxy) is 1. The van der Waals surface area contributed by atoms with Gasteiger partial charge in [-0.1, -0.05) is 58.4 Å². The zero-order chi connectivity index (χ0) is 19.2. The van der Waals surface area contributed by atoms with Crippen LogP contribution in [0.25, 0.3) is 0 Å². The van der Waals surface area contributed by atoms with E-state index in [9.17, 15) is 13.6 Å². The van der Waals surface area contributed by atoms with Crippen LogP contribution in [0, 0.1) is 0 Å². The topological polar surface area (TPSA) is 38.3 Å². The van der Waals surface area contributed by atoms with Crippen molar-refractivity contribution in [1.82, 2.24) is 5.32 Å². The Bertz CT molecular complexity index is 884. The molecule has 27 heavy (non-hydrogen) atoms. The van der Waals surface area contributed by atoms with Crippen molar-refractivity contribution in [2.24, 2.45) is 0 Å². The number of amides is 1. The van der Waals surface area contributed by atoms with Crippen molar-refractivity contribution >= 4 is 21.8 Å². The van der Waals surface area contributed by atoms with Crippen LogP contribution in [0.5, 0.6) is 5.75 Å². The van der Waals surface area contributed by atoms with Crippen molar-refractivity contribution in [2.75, 3.05) is 0 Å². The Morgan fingerprint density at radius 1 is 0.852 bits per heavy atom. The molecule has 1 N–H and O–H groups in total. The number of hydrogen-bond acceptors (Lipinski definition) is 2. The highest BCUT2D eigenvalue weighted by molar-refractivity contribution is 9.10. The van der Waals surface area contributed by atoms with E-state index in [0.717, 1.165) is 15.6 Å². The highest BCUT2D eigenvalue weighted by Crippen LogP contribution is 2.25. The maximum absolute atomic E-state index is 12.7. The van der Waals surface area contributed by atoms with Crippen LogP contribution in [0.2, 0.25) is 0 Å². The first-order valence-corrected chi connectivity index (χ1v) is 8.98. The lowest BCUT2D eigenvalue weighted by molar-refractivity contribution is -0.0498. The van der Waals surface area contributed by atoms with E-state index in [1.165, 1.54) is 12.1 Å². The molecule has 3 rings (SSSR count). The van der Waals surface area contributed by atoms with E-state index in [1.54, 1.807) is 36.4 Å². The number of halogens is 3. The molecule has 0 heterocycles. The van der Waals surface area contributed by atoms with Gasteiger partial charge in [0.1, 0.15) is 5.75 Å². The minimum Gasteiger partial charge on any atom is -0.435 e. The largest absolute Gasteiger partial charge is 0.435 e. The number of carbonyl (C=O) groups excluding carboxylic acids is 1. The van der Waals surface area contributed by atoms with Gasteiger partial charge in [-0.05, 0) is 47.5 Å². The minimum atomic E-state index is -2.88. The van der Waals surface area contributed by atoms with Crippen LogP contribution in [0.4, 0.5) is 8.78 Å². The predicted octanol–water partition coefficient (Wildman–Crippen LogP) is 5.57. The van der Waals surface area contributed by atoms with E-state index >= 15 is 0 Å². The summed E-state index contributed by atoms with van der Waals surface area (Å²) in [5, 5.41) is 3.00. The molecular weight excluding hydrogens is 416 g/mol. The second kappa shape index (κ2) is 8.77. The van der Waals surface area contributed by atoms with Gasteiger partial charge in [0.15, 0.2) is 0 Å². The number of alkyl halides is 2. The maximum atomic E-state index is 12.7. The molecule has 0 saturated heterocycles. The monoisotopic (exact) mass is 431 g/mol. The zero-order valence-electron chi connectivity index (χ0n) is 14.1. The SMILES string of the molecule is O=C(N[C@@H](c1ccccc1)c1ccc(OC(F)F)cc1)c1ccc(Br)cc1. The molecule has 3 aromatic rings. The Labute approximate surface area is 164 Å². The standard InChI is InChI=1S/C21H16BrF2NO2/c22-17-10-6-16(7-11-17)20(26)25-19(14-4-2-1-3-5-14)15-8-12-18(13-9-15)27-21(23)24/h1-13,19,21H,(H,25,26)/t19-/m0/s1. The molecule has 0 radical (unpaired) electrons. The van der Waals surface area contributed by atoms with Gasteiger partial charge in [0, 0.05) is 10.0 Å². The molecule has 3 nitrogen and oxygen atoms in total. The van der Waals surface area contributed by atoms with Crippen LogP contribution in [-0.2, 0) is 0 Å². The maximum Gasteiger partial charge on any atom is 0.387 e. The molecule has 1 atom stereocenters. The van der Waals surface area contributed by atoms with Crippen molar-refractivity contribution < 1.29 is 18.3 Å². The van der Waals surface area contributed by atoms with Crippen LogP contribution >= 0.6 is 15.9 Å². The molecule has 0 unspecified atom stereocenters. The molecule has 0 fully saturated rings. The minimum absolute atomic E-state index is 0.0693. The Kier molecular flexibility index (Phi) is 6.19. The third kappa shape index (κ3) is 5.14. The molecule has 0 aliphatic rings. The molecule has 3 aromatic carbocycles. The third-order valence-corrected chi connectivity index (χ3v) is 4.48. The quantitative estimate of drug-likeness (QED) is 0.553. The number of nitrogens with one attached hydrogen (secondary N) is 1. The van der Waals surface area contributed by atoms with Crippen LogP contribution in [0.3, 0.4) is 0 Å². The summed E-state index contributed by atoms with van der Waals surface area (Å²) in [5.74, 6) is -0.163. The molecule has 0 aliphatic carbocycles. The summed E-state index contributed by atoms with van der Waals surface area (Å²) in [7, 11) is 0. The molecule has 0 spiro atoms. The fourth-order valence-corrected chi connectivity index (χ4v) is 2.93. The lowest BCUT2D eigenvalue weighted by atomic mass is 9.98. The molecule has 0 aromatic heterocycles. The molecule has 0 saturated carbocycles. The summed E-state index contributed by atoms with van der Waals surface area (Å²) in [6, 6.07) is 22.3. The Morgan fingerprint density at radius 2 is 1.44 bits per heavy atom. The van der Waals surface area contributed by atoms with Crippen LogP contribution in [0.1, 0.15) is 27.5 Å². The smallest absolute Gasteiger partial charge is 0.387 e. The average molecular weight is 432 g/mol. The normalized spacial score (nSPS) is 11.9. The van der Waals surface area contributed by atoms with Gasteiger partial charge >= 0.3 is 6.61 Å². The number of benzene rings is 3. The highest BCUT2D eigenvalue weighted by Gasteiger charge is 2.18. The van der Waals surface area contributed by atoms with Crippen molar-refractivity contribution in [3.8, 4) is 5.75 Å². The Balaban J connectivity index is 1.87. The van der Waals surface area contributed by atoms with Crippen molar-refractivity contribution in [3.63, 3.8) is 0 Å². The lowest BCUT2D eigenvalue weighted by Gasteiger charge is -2.20. The van der Waals surface area contributed by atoms with Gasteiger partial charge in [-0.25, -0.2) is 0 Å². The van der Waals surface area contributed by atoms with Crippen molar-refractivity contribution in [3.05, 3.63) is 100 Å². The van der Waals surface area contributed by atoms with E-state index in [4.69, 9.17) is 0 Å². The van der Waals surface area contributed by atoms with Crippen LogP contribution in [0.15, 0.2) is 83.3 Å². The predicted molar refractivity (Wildman–Crippen MR) is 103 cm³/mol. The molecule has 1 amide bonds. The number of rotatable bonds is 6. The third-order valence-electron chi connectivity index (χ3n) is 3.95. The zero-order valence-corrected chi connectivity index (χ0v) is 15.7. The fourth-order valence-electron chi connectivity index (χ4n) is 2.66. The second-order valence-electron chi connectivity index (χ2n) is 5.77. The van der Waals surface area contributed by atoms with Gasteiger partial charge in [0.2, 0.25) is 0 Å². The van der Waals surface area contributed by atoms with Gasteiger partial charge in [0.25, 0.3) is 5.91 Å². The van der Waals surface area contributed by atoms with E-state index in [-0.39, 0.29) is 11.7 Å². The summed E-state index contributed by atoms with van der Waals surface area (Å²) in [4.78, 5) is 12.7. The van der Waals surface area contributed by atoms with E-state index in [0.29, 0.717) is 5.56 Å². The van der Waals surface area contributed by atoms with Gasteiger partial charge in [-0.15, -0.1) is 0 Å². The Morgan fingerprint density at radius 3 is 2.04 bits per heavy atom. The summed E-state index contributed by atoms with van der Waals surface area (Å²) in [6.07, 6.45) is 0. The van der Waals surface area contributed by atoms with Crippen molar-refractivity contribution in [2.45, 2.75) is 12.7 Å². The first-order chi connectivity index (χ1) is 13.0. The Hall–Kier alpha value is -2.73. The summed E-state index contributed by atoms with van der Waals surface area (Å²) in [6.45, 7) is -2.88. The molecule has 138 valence electrons. The lowest BCUT2D eigenvalue weighted by Crippen LogP contribution is -2.29. The molecule has 0 aliphatic heterocycles. The van der Waals surface area contributed by atoms with Crippen LogP contribution < -0.4 is 10.1 Å². The van der Waals surface area contributed by atoms with Gasteiger partial charge in [-0.2, -0.15) is 8.78 Å². The highest BCUT2D eigenvalue weighted by atomic mass is 79.9.